The normalized spacial score (nSPS) is 16.2. The van der Waals surface area contributed by atoms with Crippen molar-refractivity contribution >= 4 is 17.4 Å². The molecule has 2 aliphatic rings. The average molecular weight is 408 g/mol. The topological polar surface area (TPSA) is 56.9 Å². The second-order valence-corrected chi connectivity index (χ2v) is 8.59. The molecule has 0 saturated heterocycles. The van der Waals surface area contributed by atoms with Crippen molar-refractivity contribution in [2.24, 2.45) is 5.92 Å². The van der Waals surface area contributed by atoms with Crippen LogP contribution in [0.4, 0.5) is 0 Å². The lowest BCUT2D eigenvalue weighted by Gasteiger charge is -2.07. The number of nitrogens with zero attached hydrogens (tertiary/aromatic N) is 3. The summed E-state index contributed by atoms with van der Waals surface area (Å²) in [5.41, 5.74) is 3.33. The van der Waals surface area contributed by atoms with Gasteiger partial charge in [0, 0.05) is 23.0 Å². The van der Waals surface area contributed by atoms with Crippen LogP contribution in [0.2, 0.25) is 5.02 Å². The third-order valence-corrected chi connectivity index (χ3v) is 6.11. The SMILES string of the molecule is O=C(CC1Cc2ccccc2C1)Cn1nc(-c2ccc(Cl)cc2)n(C2CC2)c1=O. The average Bonchev–Trinajstić information content (AvgIpc) is 3.38. The zero-order chi connectivity index (χ0) is 20.0. The molecule has 0 spiro atoms. The summed E-state index contributed by atoms with van der Waals surface area (Å²) in [5, 5.41) is 5.17. The van der Waals surface area contributed by atoms with Crippen molar-refractivity contribution < 1.29 is 4.79 Å². The maximum absolute atomic E-state index is 12.9. The molecule has 0 amide bonds. The van der Waals surface area contributed by atoms with Crippen molar-refractivity contribution in [1.82, 2.24) is 14.3 Å². The molecule has 1 heterocycles. The monoisotopic (exact) mass is 407 g/mol. The highest BCUT2D eigenvalue weighted by Gasteiger charge is 2.31. The van der Waals surface area contributed by atoms with Crippen LogP contribution in [0.1, 0.15) is 36.4 Å². The smallest absolute Gasteiger partial charge is 0.298 e. The summed E-state index contributed by atoms with van der Waals surface area (Å²) in [4.78, 5) is 25.7. The van der Waals surface area contributed by atoms with Gasteiger partial charge in [0.1, 0.15) is 6.54 Å². The molecule has 0 N–H and O–H groups in total. The molecule has 1 aromatic heterocycles. The van der Waals surface area contributed by atoms with Gasteiger partial charge in [-0.15, -0.1) is 5.10 Å². The minimum absolute atomic E-state index is 0.0337. The van der Waals surface area contributed by atoms with E-state index in [0.717, 1.165) is 31.2 Å². The van der Waals surface area contributed by atoms with Crippen LogP contribution in [-0.2, 0) is 24.2 Å². The van der Waals surface area contributed by atoms with Crippen molar-refractivity contribution in [2.75, 3.05) is 0 Å². The highest BCUT2D eigenvalue weighted by molar-refractivity contribution is 6.30. The van der Waals surface area contributed by atoms with E-state index in [0.29, 0.717) is 23.2 Å². The second-order valence-electron chi connectivity index (χ2n) is 8.16. The van der Waals surface area contributed by atoms with Crippen LogP contribution in [0.3, 0.4) is 0 Å². The van der Waals surface area contributed by atoms with Crippen LogP contribution in [0.25, 0.3) is 11.4 Å². The van der Waals surface area contributed by atoms with E-state index >= 15 is 0 Å². The van der Waals surface area contributed by atoms with Gasteiger partial charge in [0.15, 0.2) is 11.6 Å². The van der Waals surface area contributed by atoms with Gasteiger partial charge in [-0.1, -0.05) is 35.9 Å². The molecular formula is C23H22ClN3O2. The molecule has 3 aromatic rings. The van der Waals surface area contributed by atoms with Crippen molar-refractivity contribution in [3.05, 3.63) is 75.2 Å². The lowest BCUT2D eigenvalue weighted by atomic mass is 9.99. The first kappa shape index (κ1) is 18.4. The number of ketones is 1. The fraction of sp³-hybridized carbons (Fsp3) is 0.348. The van der Waals surface area contributed by atoms with Gasteiger partial charge in [0.05, 0.1) is 0 Å². The Kier molecular flexibility index (Phi) is 4.63. The Morgan fingerprint density at radius 1 is 1.03 bits per heavy atom. The number of Topliss-reactive ketones (excluding diaryl/α,β-unsaturated/α-hetero) is 1. The Morgan fingerprint density at radius 2 is 1.69 bits per heavy atom. The van der Waals surface area contributed by atoms with Gasteiger partial charge in [0.2, 0.25) is 0 Å². The summed E-state index contributed by atoms with van der Waals surface area (Å²) in [6, 6.07) is 15.9. The maximum atomic E-state index is 12.9. The summed E-state index contributed by atoms with van der Waals surface area (Å²) in [5.74, 6) is 1.00. The molecule has 0 radical (unpaired) electrons. The third kappa shape index (κ3) is 3.67. The highest BCUT2D eigenvalue weighted by atomic mass is 35.5. The molecule has 29 heavy (non-hydrogen) atoms. The van der Waals surface area contributed by atoms with E-state index in [9.17, 15) is 9.59 Å². The van der Waals surface area contributed by atoms with Crippen molar-refractivity contribution in [3.8, 4) is 11.4 Å². The van der Waals surface area contributed by atoms with E-state index in [-0.39, 0.29) is 24.1 Å². The first-order chi connectivity index (χ1) is 14.1. The molecular weight excluding hydrogens is 386 g/mol. The number of carbonyl (C=O) groups excluding carboxylic acids is 1. The van der Waals surface area contributed by atoms with Gasteiger partial charge >= 0.3 is 5.69 Å². The van der Waals surface area contributed by atoms with Crippen molar-refractivity contribution in [3.63, 3.8) is 0 Å². The maximum Gasteiger partial charge on any atom is 0.346 e. The first-order valence-electron chi connectivity index (χ1n) is 10.1. The van der Waals surface area contributed by atoms with Crippen molar-refractivity contribution in [1.29, 1.82) is 0 Å². The first-order valence-corrected chi connectivity index (χ1v) is 10.5. The van der Waals surface area contributed by atoms with Gasteiger partial charge in [-0.25, -0.2) is 9.48 Å². The molecule has 6 heteroatoms. The Morgan fingerprint density at radius 3 is 2.31 bits per heavy atom. The lowest BCUT2D eigenvalue weighted by molar-refractivity contribution is -0.120. The highest BCUT2D eigenvalue weighted by Crippen LogP contribution is 2.36. The predicted octanol–water partition coefficient (Wildman–Crippen LogP) is 4.07. The van der Waals surface area contributed by atoms with E-state index < -0.39 is 0 Å². The molecule has 0 unspecified atom stereocenters. The lowest BCUT2D eigenvalue weighted by Crippen LogP contribution is -2.28. The number of carbonyl (C=O) groups is 1. The number of rotatable bonds is 6. The van der Waals surface area contributed by atoms with E-state index in [1.807, 2.05) is 24.3 Å². The molecule has 5 nitrogen and oxygen atoms in total. The predicted molar refractivity (Wildman–Crippen MR) is 112 cm³/mol. The van der Waals surface area contributed by atoms with Gasteiger partial charge in [-0.05, 0) is 67.0 Å². The van der Waals surface area contributed by atoms with E-state index in [2.05, 4.69) is 17.2 Å². The molecule has 1 fully saturated rings. The summed E-state index contributed by atoms with van der Waals surface area (Å²) in [6.45, 7) is 0.0337. The van der Waals surface area contributed by atoms with E-state index in [1.54, 1.807) is 16.7 Å². The number of hydrogen-bond acceptors (Lipinski definition) is 3. The molecule has 5 rings (SSSR count). The van der Waals surface area contributed by atoms with Crippen molar-refractivity contribution in [2.45, 2.75) is 44.7 Å². The Balaban J connectivity index is 1.35. The molecule has 1 saturated carbocycles. The summed E-state index contributed by atoms with van der Waals surface area (Å²) in [7, 11) is 0. The van der Waals surface area contributed by atoms with E-state index in [1.165, 1.54) is 15.8 Å². The number of benzene rings is 2. The Labute approximate surface area is 173 Å². The van der Waals surface area contributed by atoms with Gasteiger partial charge < -0.3 is 0 Å². The molecule has 2 aromatic carbocycles. The molecule has 0 aliphatic heterocycles. The number of hydrogen-bond donors (Lipinski definition) is 0. The molecule has 2 aliphatic carbocycles. The van der Waals surface area contributed by atoms with Crippen LogP contribution in [-0.4, -0.2) is 20.1 Å². The minimum Gasteiger partial charge on any atom is -0.298 e. The minimum atomic E-state index is -0.194. The fourth-order valence-electron chi connectivity index (χ4n) is 4.33. The second kappa shape index (κ2) is 7.30. The molecule has 0 atom stereocenters. The number of halogens is 1. The number of aromatic nitrogens is 3. The summed E-state index contributed by atoms with van der Waals surface area (Å²) in [6.07, 6.45) is 4.29. The largest absolute Gasteiger partial charge is 0.346 e. The van der Waals surface area contributed by atoms with Crippen LogP contribution in [0, 0.1) is 5.92 Å². The van der Waals surface area contributed by atoms with Gasteiger partial charge in [-0.3, -0.25) is 9.36 Å². The van der Waals surface area contributed by atoms with Crippen LogP contribution in [0.15, 0.2) is 53.3 Å². The third-order valence-electron chi connectivity index (χ3n) is 5.86. The quantitative estimate of drug-likeness (QED) is 0.618. The zero-order valence-corrected chi connectivity index (χ0v) is 16.8. The molecule has 0 bridgehead atoms. The van der Waals surface area contributed by atoms with Crippen LogP contribution >= 0.6 is 11.6 Å². The fourth-order valence-corrected chi connectivity index (χ4v) is 4.45. The summed E-state index contributed by atoms with van der Waals surface area (Å²) >= 11 is 5.99. The van der Waals surface area contributed by atoms with Gasteiger partial charge in [-0.2, -0.15) is 0 Å². The van der Waals surface area contributed by atoms with E-state index in [4.69, 9.17) is 11.6 Å². The summed E-state index contributed by atoms with van der Waals surface area (Å²) < 4.78 is 3.08. The standard InChI is InChI=1S/C23H22ClN3O2/c24-19-7-5-16(6-8-19)22-25-26(23(29)27(22)20-9-10-20)14-21(28)13-15-11-17-3-1-2-4-18(17)12-15/h1-8,15,20H,9-14H2. The zero-order valence-electron chi connectivity index (χ0n) is 16.1. The van der Waals surface area contributed by atoms with Crippen LogP contribution in [0.5, 0.6) is 0 Å². The van der Waals surface area contributed by atoms with Gasteiger partial charge in [0.25, 0.3) is 0 Å². The number of fused-ring (bicyclic) bond motifs is 1. The van der Waals surface area contributed by atoms with Crippen LogP contribution < -0.4 is 5.69 Å². The molecule has 148 valence electrons. The Hall–Kier alpha value is -2.66. The Bertz CT molecular complexity index is 1100.